The summed E-state index contributed by atoms with van der Waals surface area (Å²) in [6.07, 6.45) is 0.990. The summed E-state index contributed by atoms with van der Waals surface area (Å²) in [7, 11) is 4.11. The zero-order valence-electron chi connectivity index (χ0n) is 16.0. The normalized spacial score (nSPS) is 14.4. The van der Waals surface area contributed by atoms with Gasteiger partial charge in [-0.05, 0) is 27.1 Å². The Morgan fingerprint density at radius 3 is 2.63 bits per heavy atom. The number of morpholine rings is 1. The summed E-state index contributed by atoms with van der Waals surface area (Å²) in [5.41, 5.74) is 1.31. The van der Waals surface area contributed by atoms with Gasteiger partial charge in [0.15, 0.2) is 5.82 Å². The van der Waals surface area contributed by atoms with Crippen LogP contribution in [0.5, 0.6) is 0 Å². The van der Waals surface area contributed by atoms with Gasteiger partial charge in [-0.3, -0.25) is 4.79 Å². The first-order valence-corrected chi connectivity index (χ1v) is 9.33. The van der Waals surface area contributed by atoms with Crippen molar-refractivity contribution in [2.45, 2.75) is 6.42 Å². The largest absolute Gasteiger partial charge is 0.378 e. The van der Waals surface area contributed by atoms with E-state index in [2.05, 4.69) is 34.3 Å². The quantitative estimate of drug-likeness (QED) is 0.753. The average Bonchev–Trinajstić information content (AvgIpc) is 2.71. The van der Waals surface area contributed by atoms with Crippen LogP contribution in [0.2, 0.25) is 0 Å². The van der Waals surface area contributed by atoms with Crippen LogP contribution in [-0.2, 0) is 4.74 Å². The minimum atomic E-state index is -0.0748. The average molecular weight is 369 g/mol. The van der Waals surface area contributed by atoms with Crippen LogP contribution < -0.4 is 5.32 Å². The Kier molecular flexibility index (Phi) is 6.73. The monoisotopic (exact) mass is 369 g/mol. The number of amides is 1. The minimum Gasteiger partial charge on any atom is -0.378 e. The number of hydrogen-bond acceptors (Lipinski definition) is 6. The second-order valence-corrected chi connectivity index (χ2v) is 6.82. The first-order chi connectivity index (χ1) is 13.1. The Balaban J connectivity index is 1.82. The smallest absolute Gasteiger partial charge is 0.272 e. The number of hydrogen-bond donors (Lipinski definition) is 1. The molecule has 0 saturated carbocycles. The van der Waals surface area contributed by atoms with Crippen molar-refractivity contribution in [3.8, 4) is 11.4 Å². The number of ether oxygens (including phenoxy) is 1. The van der Waals surface area contributed by atoms with Crippen LogP contribution in [0.25, 0.3) is 11.4 Å². The van der Waals surface area contributed by atoms with Gasteiger partial charge in [-0.2, -0.15) is 0 Å². The molecule has 3 rings (SSSR count). The lowest BCUT2D eigenvalue weighted by molar-refractivity contribution is 0.0299. The van der Waals surface area contributed by atoms with Gasteiger partial charge in [0.05, 0.1) is 13.2 Å². The van der Waals surface area contributed by atoms with Gasteiger partial charge in [-0.25, -0.2) is 9.97 Å². The molecule has 0 unspecified atom stereocenters. The third kappa shape index (κ3) is 5.48. The van der Waals surface area contributed by atoms with Gasteiger partial charge in [-0.15, -0.1) is 0 Å². The SMILES string of the molecule is CN(C)CCCNc1cc(C(=O)N2CCOCC2)nc(-c2ccccc2)n1. The second kappa shape index (κ2) is 9.43. The van der Waals surface area contributed by atoms with E-state index in [1.54, 1.807) is 11.0 Å². The summed E-state index contributed by atoms with van der Waals surface area (Å²) < 4.78 is 5.34. The molecule has 1 fully saturated rings. The summed E-state index contributed by atoms with van der Waals surface area (Å²) in [4.78, 5) is 26.0. The summed E-state index contributed by atoms with van der Waals surface area (Å²) in [5, 5.41) is 3.34. The maximum atomic E-state index is 12.9. The van der Waals surface area contributed by atoms with E-state index in [0.29, 0.717) is 43.6 Å². The first kappa shape index (κ1) is 19.3. The number of nitrogens with one attached hydrogen (secondary N) is 1. The molecule has 0 atom stereocenters. The van der Waals surface area contributed by atoms with Gasteiger partial charge < -0.3 is 19.9 Å². The molecule has 7 heteroatoms. The Labute approximate surface area is 160 Å². The summed E-state index contributed by atoms with van der Waals surface area (Å²) in [6, 6.07) is 11.5. The van der Waals surface area contributed by atoms with Gasteiger partial charge in [0.2, 0.25) is 0 Å². The predicted octanol–water partition coefficient (Wildman–Crippen LogP) is 1.98. The van der Waals surface area contributed by atoms with Crippen LogP contribution in [0, 0.1) is 0 Å². The van der Waals surface area contributed by atoms with Gasteiger partial charge in [0.1, 0.15) is 11.5 Å². The van der Waals surface area contributed by atoms with Crippen molar-refractivity contribution in [1.82, 2.24) is 19.8 Å². The minimum absolute atomic E-state index is 0.0748. The number of nitrogens with zero attached hydrogens (tertiary/aromatic N) is 4. The van der Waals surface area contributed by atoms with Crippen molar-refractivity contribution in [3.05, 3.63) is 42.1 Å². The number of carbonyl (C=O) groups excluding carboxylic acids is 1. The van der Waals surface area contributed by atoms with Gasteiger partial charge in [0, 0.05) is 31.3 Å². The van der Waals surface area contributed by atoms with E-state index in [1.165, 1.54) is 0 Å². The van der Waals surface area contributed by atoms with Crippen molar-refractivity contribution >= 4 is 11.7 Å². The highest BCUT2D eigenvalue weighted by molar-refractivity contribution is 5.93. The van der Waals surface area contributed by atoms with Crippen molar-refractivity contribution in [3.63, 3.8) is 0 Å². The molecule has 0 bridgehead atoms. The molecule has 1 aliphatic rings. The van der Waals surface area contributed by atoms with Crippen molar-refractivity contribution in [2.75, 3.05) is 58.8 Å². The fraction of sp³-hybridized carbons (Fsp3) is 0.450. The lowest BCUT2D eigenvalue weighted by Gasteiger charge is -2.26. The van der Waals surface area contributed by atoms with E-state index in [0.717, 1.165) is 25.1 Å². The maximum Gasteiger partial charge on any atom is 0.272 e. The van der Waals surface area contributed by atoms with Gasteiger partial charge >= 0.3 is 0 Å². The topological polar surface area (TPSA) is 70.6 Å². The van der Waals surface area contributed by atoms with Crippen LogP contribution in [0.3, 0.4) is 0 Å². The molecule has 1 aliphatic heterocycles. The van der Waals surface area contributed by atoms with E-state index in [4.69, 9.17) is 4.74 Å². The van der Waals surface area contributed by atoms with E-state index in [-0.39, 0.29) is 5.91 Å². The summed E-state index contributed by atoms with van der Waals surface area (Å²) >= 11 is 0. The molecule has 144 valence electrons. The molecule has 7 nitrogen and oxygen atoms in total. The van der Waals surface area contributed by atoms with E-state index >= 15 is 0 Å². The first-order valence-electron chi connectivity index (χ1n) is 9.33. The molecule has 27 heavy (non-hydrogen) atoms. The van der Waals surface area contributed by atoms with Crippen LogP contribution in [-0.4, -0.2) is 79.2 Å². The lowest BCUT2D eigenvalue weighted by atomic mass is 10.2. The number of rotatable bonds is 7. The standard InChI is InChI=1S/C20H27N5O2/c1-24(2)10-6-9-21-18-15-17(20(26)25-11-13-27-14-12-25)22-19(23-18)16-7-4-3-5-8-16/h3-5,7-8,15H,6,9-14H2,1-2H3,(H,21,22,23). The molecular weight excluding hydrogens is 342 g/mol. The van der Waals surface area contributed by atoms with Crippen molar-refractivity contribution in [2.24, 2.45) is 0 Å². The molecule has 1 aromatic carbocycles. The molecule has 1 saturated heterocycles. The van der Waals surface area contributed by atoms with Crippen molar-refractivity contribution < 1.29 is 9.53 Å². The molecule has 1 amide bonds. The van der Waals surface area contributed by atoms with Crippen LogP contribution >= 0.6 is 0 Å². The van der Waals surface area contributed by atoms with Crippen LogP contribution in [0.1, 0.15) is 16.9 Å². The van der Waals surface area contributed by atoms with E-state index in [9.17, 15) is 4.79 Å². The van der Waals surface area contributed by atoms with Crippen LogP contribution in [0.4, 0.5) is 5.82 Å². The number of aromatic nitrogens is 2. The third-order valence-electron chi connectivity index (χ3n) is 4.36. The fourth-order valence-corrected chi connectivity index (χ4v) is 2.90. The molecule has 2 heterocycles. The Morgan fingerprint density at radius 2 is 1.93 bits per heavy atom. The van der Waals surface area contributed by atoms with E-state index < -0.39 is 0 Å². The number of benzene rings is 1. The molecule has 0 spiro atoms. The van der Waals surface area contributed by atoms with Crippen molar-refractivity contribution in [1.29, 1.82) is 0 Å². The highest BCUT2D eigenvalue weighted by Gasteiger charge is 2.21. The molecular formula is C20H27N5O2. The fourth-order valence-electron chi connectivity index (χ4n) is 2.90. The Bertz CT molecular complexity index is 745. The molecule has 0 radical (unpaired) electrons. The second-order valence-electron chi connectivity index (χ2n) is 6.82. The third-order valence-corrected chi connectivity index (χ3v) is 4.36. The lowest BCUT2D eigenvalue weighted by Crippen LogP contribution is -2.41. The number of anilines is 1. The predicted molar refractivity (Wildman–Crippen MR) is 106 cm³/mol. The summed E-state index contributed by atoms with van der Waals surface area (Å²) in [6.45, 7) is 4.10. The van der Waals surface area contributed by atoms with Crippen LogP contribution in [0.15, 0.2) is 36.4 Å². The van der Waals surface area contributed by atoms with Gasteiger partial charge in [-0.1, -0.05) is 30.3 Å². The number of carbonyl (C=O) groups is 1. The highest BCUT2D eigenvalue weighted by atomic mass is 16.5. The molecule has 2 aromatic rings. The zero-order chi connectivity index (χ0) is 19.1. The summed E-state index contributed by atoms with van der Waals surface area (Å²) in [5.74, 6) is 1.17. The van der Waals surface area contributed by atoms with Gasteiger partial charge in [0.25, 0.3) is 5.91 Å². The highest BCUT2D eigenvalue weighted by Crippen LogP contribution is 2.19. The zero-order valence-corrected chi connectivity index (χ0v) is 16.0. The Morgan fingerprint density at radius 1 is 1.19 bits per heavy atom. The maximum absolute atomic E-state index is 12.9. The van der Waals surface area contributed by atoms with E-state index in [1.807, 2.05) is 30.3 Å². The molecule has 1 aromatic heterocycles. The molecule has 0 aliphatic carbocycles. The molecule has 1 N–H and O–H groups in total. The Hall–Kier alpha value is -2.51.